The van der Waals surface area contributed by atoms with Gasteiger partial charge in [-0.05, 0) is 28.1 Å². The highest BCUT2D eigenvalue weighted by Gasteiger charge is 2.09. The fourth-order valence-corrected chi connectivity index (χ4v) is 1.90. The number of aromatic nitrogens is 1. The number of hydrogen-bond acceptors (Lipinski definition) is 3. The number of nitrogens with zero attached hydrogens (tertiary/aromatic N) is 1. The Morgan fingerprint density at radius 3 is 2.82 bits per heavy atom. The summed E-state index contributed by atoms with van der Waals surface area (Å²) in [6.07, 6.45) is 1.50. The molecule has 0 aliphatic carbocycles. The lowest BCUT2D eigenvalue weighted by Gasteiger charge is -2.08. The molecular formula is C11H7BrClFN2O. The van der Waals surface area contributed by atoms with Gasteiger partial charge >= 0.3 is 0 Å². The zero-order valence-electron chi connectivity index (χ0n) is 8.45. The molecule has 0 radical (unpaired) electrons. The normalized spacial score (nSPS) is 10.3. The van der Waals surface area contributed by atoms with Gasteiger partial charge in [0.2, 0.25) is 5.88 Å². The van der Waals surface area contributed by atoms with Crippen LogP contribution in [0.15, 0.2) is 34.9 Å². The molecule has 0 aliphatic rings. The van der Waals surface area contributed by atoms with E-state index in [-0.39, 0.29) is 16.7 Å². The van der Waals surface area contributed by atoms with Gasteiger partial charge in [-0.3, -0.25) is 0 Å². The Morgan fingerprint density at radius 2 is 2.12 bits per heavy atom. The van der Waals surface area contributed by atoms with Crippen LogP contribution in [0.25, 0.3) is 0 Å². The van der Waals surface area contributed by atoms with E-state index < -0.39 is 5.82 Å². The van der Waals surface area contributed by atoms with E-state index in [1.54, 1.807) is 12.1 Å². The Hall–Kier alpha value is -1.33. The SMILES string of the molecule is Nc1ccnc(Oc2cc(F)c(Cl)cc2Br)c1. The van der Waals surface area contributed by atoms with Crippen LogP contribution in [0, 0.1) is 5.82 Å². The predicted octanol–water partition coefficient (Wildman–Crippen LogP) is 4.01. The van der Waals surface area contributed by atoms with Crippen molar-refractivity contribution in [2.24, 2.45) is 0 Å². The monoisotopic (exact) mass is 316 g/mol. The van der Waals surface area contributed by atoms with Crippen LogP contribution in [-0.4, -0.2) is 4.98 Å². The van der Waals surface area contributed by atoms with Gasteiger partial charge in [0.15, 0.2) is 0 Å². The maximum Gasteiger partial charge on any atom is 0.221 e. The maximum atomic E-state index is 13.3. The summed E-state index contributed by atoms with van der Waals surface area (Å²) in [6.45, 7) is 0. The number of halogens is 3. The second-order valence-corrected chi connectivity index (χ2v) is 4.49. The van der Waals surface area contributed by atoms with E-state index in [9.17, 15) is 4.39 Å². The van der Waals surface area contributed by atoms with Crippen molar-refractivity contribution in [1.29, 1.82) is 0 Å². The van der Waals surface area contributed by atoms with Crippen LogP contribution >= 0.6 is 27.5 Å². The van der Waals surface area contributed by atoms with E-state index in [0.29, 0.717) is 10.2 Å². The van der Waals surface area contributed by atoms with Gasteiger partial charge in [-0.25, -0.2) is 9.37 Å². The van der Waals surface area contributed by atoms with Crippen molar-refractivity contribution in [3.8, 4) is 11.6 Å². The Bertz CT molecular complexity index is 565. The highest BCUT2D eigenvalue weighted by atomic mass is 79.9. The molecule has 0 amide bonds. The molecule has 0 atom stereocenters. The number of nitrogens with two attached hydrogens (primary N) is 1. The molecule has 0 saturated carbocycles. The van der Waals surface area contributed by atoms with Gasteiger partial charge in [0, 0.05) is 24.0 Å². The number of anilines is 1. The number of rotatable bonds is 2. The molecular weight excluding hydrogens is 310 g/mol. The maximum absolute atomic E-state index is 13.3. The topological polar surface area (TPSA) is 48.1 Å². The van der Waals surface area contributed by atoms with Crippen LogP contribution in [0.1, 0.15) is 0 Å². The van der Waals surface area contributed by atoms with Crippen LogP contribution in [0.5, 0.6) is 11.6 Å². The summed E-state index contributed by atoms with van der Waals surface area (Å²) in [7, 11) is 0. The Balaban J connectivity index is 2.33. The smallest absolute Gasteiger partial charge is 0.221 e. The third-order valence-corrected chi connectivity index (χ3v) is 2.86. The minimum absolute atomic E-state index is 0.0183. The predicted molar refractivity (Wildman–Crippen MR) is 67.8 cm³/mol. The quantitative estimate of drug-likeness (QED) is 0.851. The summed E-state index contributed by atoms with van der Waals surface area (Å²) in [5.74, 6) is 0.00573. The standard InChI is InChI=1S/C11H7BrClFN2O/c12-7-4-8(13)9(14)5-10(7)17-11-3-6(15)1-2-16-11/h1-5H,(H2,15,16). The van der Waals surface area contributed by atoms with Gasteiger partial charge in [0.05, 0.1) is 9.50 Å². The number of hydrogen-bond donors (Lipinski definition) is 1. The van der Waals surface area contributed by atoms with Gasteiger partial charge < -0.3 is 10.5 Å². The number of ether oxygens (including phenoxy) is 1. The van der Waals surface area contributed by atoms with Crippen molar-refractivity contribution in [3.63, 3.8) is 0 Å². The molecule has 1 aromatic heterocycles. The van der Waals surface area contributed by atoms with E-state index in [2.05, 4.69) is 20.9 Å². The molecule has 0 unspecified atom stereocenters. The first-order valence-electron chi connectivity index (χ1n) is 4.60. The van der Waals surface area contributed by atoms with Crippen LogP contribution < -0.4 is 10.5 Å². The van der Waals surface area contributed by atoms with Crippen LogP contribution in [0.3, 0.4) is 0 Å². The molecule has 1 aromatic carbocycles. The molecule has 6 heteroatoms. The zero-order valence-corrected chi connectivity index (χ0v) is 10.8. The van der Waals surface area contributed by atoms with E-state index in [1.807, 2.05) is 0 Å². The van der Waals surface area contributed by atoms with E-state index >= 15 is 0 Å². The first-order valence-corrected chi connectivity index (χ1v) is 5.77. The highest BCUT2D eigenvalue weighted by molar-refractivity contribution is 9.10. The molecule has 1 heterocycles. The summed E-state index contributed by atoms with van der Waals surface area (Å²) in [4.78, 5) is 3.95. The average molecular weight is 318 g/mol. The number of benzene rings is 1. The lowest BCUT2D eigenvalue weighted by molar-refractivity contribution is 0.455. The van der Waals surface area contributed by atoms with Crippen molar-refractivity contribution >= 4 is 33.2 Å². The summed E-state index contributed by atoms with van der Waals surface area (Å²) in [6, 6.07) is 5.76. The Labute approximate surface area is 110 Å². The van der Waals surface area contributed by atoms with E-state index in [1.165, 1.54) is 18.3 Å². The lowest BCUT2D eigenvalue weighted by atomic mass is 10.3. The number of nitrogen functional groups attached to an aromatic ring is 1. The van der Waals surface area contributed by atoms with Crippen LogP contribution in [0.2, 0.25) is 5.02 Å². The molecule has 2 aromatic rings. The fraction of sp³-hybridized carbons (Fsp3) is 0. The third kappa shape index (κ3) is 2.87. The summed E-state index contributed by atoms with van der Waals surface area (Å²) in [5, 5.41) is 0.0183. The molecule has 0 spiro atoms. The van der Waals surface area contributed by atoms with Crippen LogP contribution in [0.4, 0.5) is 10.1 Å². The van der Waals surface area contributed by atoms with Gasteiger partial charge in [-0.1, -0.05) is 11.6 Å². The molecule has 0 aliphatic heterocycles. The number of pyridine rings is 1. The second-order valence-electron chi connectivity index (χ2n) is 3.23. The van der Waals surface area contributed by atoms with Gasteiger partial charge in [-0.2, -0.15) is 0 Å². The van der Waals surface area contributed by atoms with Crippen molar-refractivity contribution in [2.75, 3.05) is 5.73 Å². The van der Waals surface area contributed by atoms with Crippen molar-refractivity contribution < 1.29 is 9.13 Å². The summed E-state index contributed by atoms with van der Waals surface area (Å²) < 4.78 is 19.2. The molecule has 2 N–H and O–H groups in total. The molecule has 0 bridgehead atoms. The molecule has 2 rings (SSSR count). The Kier molecular flexibility index (Phi) is 3.49. The Morgan fingerprint density at radius 1 is 1.35 bits per heavy atom. The molecule has 3 nitrogen and oxygen atoms in total. The zero-order chi connectivity index (χ0) is 12.4. The van der Waals surface area contributed by atoms with Crippen molar-refractivity contribution in [1.82, 2.24) is 4.98 Å². The van der Waals surface area contributed by atoms with Gasteiger partial charge in [-0.15, -0.1) is 0 Å². The average Bonchev–Trinajstić information content (AvgIpc) is 2.26. The largest absolute Gasteiger partial charge is 0.438 e. The summed E-state index contributed by atoms with van der Waals surface area (Å²) >= 11 is 8.84. The molecule has 0 fully saturated rings. The molecule has 0 saturated heterocycles. The first-order chi connectivity index (χ1) is 8.06. The fourth-order valence-electron chi connectivity index (χ4n) is 1.18. The minimum atomic E-state index is -0.561. The van der Waals surface area contributed by atoms with Crippen molar-refractivity contribution in [3.05, 3.63) is 45.8 Å². The van der Waals surface area contributed by atoms with Gasteiger partial charge in [0.25, 0.3) is 0 Å². The highest BCUT2D eigenvalue weighted by Crippen LogP contribution is 2.33. The minimum Gasteiger partial charge on any atom is -0.438 e. The molecule has 17 heavy (non-hydrogen) atoms. The third-order valence-electron chi connectivity index (χ3n) is 1.95. The first kappa shape index (κ1) is 12.1. The lowest BCUT2D eigenvalue weighted by Crippen LogP contribution is -1.92. The van der Waals surface area contributed by atoms with Crippen LogP contribution in [-0.2, 0) is 0 Å². The van der Waals surface area contributed by atoms with Gasteiger partial charge in [0.1, 0.15) is 11.6 Å². The molecule has 88 valence electrons. The van der Waals surface area contributed by atoms with Crippen molar-refractivity contribution in [2.45, 2.75) is 0 Å². The van der Waals surface area contributed by atoms with E-state index in [0.717, 1.165) is 0 Å². The van der Waals surface area contributed by atoms with E-state index in [4.69, 9.17) is 22.1 Å². The summed E-state index contributed by atoms with van der Waals surface area (Å²) in [5.41, 5.74) is 6.09. The second kappa shape index (κ2) is 4.89.